The van der Waals surface area contributed by atoms with Gasteiger partial charge in [0, 0.05) is 17.0 Å². The number of halogens is 1. The van der Waals surface area contributed by atoms with E-state index in [2.05, 4.69) is 15.3 Å². The van der Waals surface area contributed by atoms with Crippen LogP contribution in [0.2, 0.25) is 5.02 Å². The fraction of sp³-hybridized carbons (Fsp3) is 0.320. The molecule has 0 atom stereocenters. The summed E-state index contributed by atoms with van der Waals surface area (Å²) in [7, 11) is 1.56. The number of aryl methyl sites for hydroxylation is 1. The highest BCUT2D eigenvalue weighted by Gasteiger charge is 2.17. The maximum Gasteiger partial charge on any atom is 0.407 e. The van der Waals surface area contributed by atoms with E-state index in [1.54, 1.807) is 19.4 Å². The maximum absolute atomic E-state index is 11.8. The SMILES string of the molecule is COc1cnc2c(-c3cc4cc(OCCNC(=O)OC(C)(C)C)cc(Cl)c4o3)cc(C)cc2n1. The molecule has 0 bridgehead atoms. The van der Waals surface area contributed by atoms with E-state index >= 15 is 0 Å². The summed E-state index contributed by atoms with van der Waals surface area (Å²) in [5.41, 5.74) is 3.23. The third kappa shape index (κ3) is 5.34. The lowest BCUT2D eigenvalue weighted by atomic mass is 10.1. The van der Waals surface area contributed by atoms with Crippen LogP contribution in [0.1, 0.15) is 26.3 Å². The fourth-order valence-corrected chi connectivity index (χ4v) is 3.73. The van der Waals surface area contributed by atoms with Crippen molar-refractivity contribution in [1.29, 1.82) is 0 Å². The standard InChI is InChI=1S/C25H26ClN3O5/c1-14-8-17(22-19(9-14)29-21(31-5)13-28-22)20-11-15-10-16(12-18(26)23(15)33-20)32-7-6-27-24(30)34-25(2,3)4/h8-13H,6-7H2,1-5H3,(H,27,30). The second-order valence-corrected chi connectivity index (χ2v) is 9.21. The first-order valence-electron chi connectivity index (χ1n) is 10.8. The number of carbonyl (C=O) groups excluding carboxylic acids is 1. The Hall–Kier alpha value is -3.52. The summed E-state index contributed by atoms with van der Waals surface area (Å²) in [6, 6.07) is 9.36. The summed E-state index contributed by atoms with van der Waals surface area (Å²) in [4.78, 5) is 20.8. The average Bonchev–Trinajstić information content (AvgIpc) is 3.19. The van der Waals surface area contributed by atoms with E-state index in [-0.39, 0.29) is 6.61 Å². The molecule has 0 aliphatic heterocycles. The number of hydrogen-bond acceptors (Lipinski definition) is 7. The predicted molar refractivity (Wildman–Crippen MR) is 131 cm³/mol. The number of nitrogens with zero attached hydrogens (tertiary/aromatic N) is 2. The van der Waals surface area contributed by atoms with Gasteiger partial charge in [0.25, 0.3) is 0 Å². The molecule has 178 valence electrons. The van der Waals surface area contributed by atoms with Gasteiger partial charge in [0.05, 0.1) is 35.9 Å². The molecule has 0 unspecified atom stereocenters. The van der Waals surface area contributed by atoms with E-state index in [0.717, 1.165) is 16.5 Å². The van der Waals surface area contributed by atoms with Crippen molar-refractivity contribution in [3.8, 4) is 23.0 Å². The minimum Gasteiger partial charge on any atom is -0.492 e. The Kier molecular flexibility index (Phi) is 6.52. The molecule has 2 aromatic carbocycles. The van der Waals surface area contributed by atoms with Crippen LogP contribution in [0.3, 0.4) is 0 Å². The van der Waals surface area contributed by atoms with Crippen molar-refractivity contribution in [3.63, 3.8) is 0 Å². The minimum atomic E-state index is -0.553. The third-order valence-corrected chi connectivity index (χ3v) is 5.11. The topological polar surface area (TPSA) is 95.7 Å². The van der Waals surface area contributed by atoms with E-state index in [1.807, 2.05) is 52.0 Å². The molecule has 1 N–H and O–H groups in total. The Bertz CT molecular complexity index is 1360. The highest BCUT2D eigenvalue weighted by Crippen LogP contribution is 2.37. The number of fused-ring (bicyclic) bond motifs is 2. The van der Waals surface area contributed by atoms with Crippen LogP contribution < -0.4 is 14.8 Å². The molecule has 2 aromatic heterocycles. The van der Waals surface area contributed by atoms with Crippen molar-refractivity contribution in [1.82, 2.24) is 15.3 Å². The van der Waals surface area contributed by atoms with E-state index in [0.29, 0.717) is 45.6 Å². The summed E-state index contributed by atoms with van der Waals surface area (Å²) in [5.74, 6) is 1.63. The normalized spacial score (nSPS) is 11.6. The van der Waals surface area contributed by atoms with Gasteiger partial charge in [0.15, 0.2) is 5.58 Å². The van der Waals surface area contributed by atoms with Crippen LogP contribution in [-0.4, -0.2) is 41.9 Å². The van der Waals surface area contributed by atoms with E-state index in [1.165, 1.54) is 0 Å². The van der Waals surface area contributed by atoms with Crippen molar-refractivity contribution in [2.75, 3.05) is 20.3 Å². The molecule has 1 amide bonds. The molecule has 0 saturated heterocycles. The molecule has 2 heterocycles. The Balaban J connectivity index is 1.55. The lowest BCUT2D eigenvalue weighted by Gasteiger charge is -2.19. The third-order valence-electron chi connectivity index (χ3n) is 4.83. The van der Waals surface area contributed by atoms with Crippen molar-refractivity contribution < 1.29 is 23.4 Å². The van der Waals surface area contributed by atoms with Gasteiger partial charge in [0.1, 0.15) is 23.7 Å². The highest BCUT2D eigenvalue weighted by molar-refractivity contribution is 6.35. The smallest absolute Gasteiger partial charge is 0.407 e. The van der Waals surface area contributed by atoms with Crippen LogP contribution >= 0.6 is 11.6 Å². The Labute approximate surface area is 202 Å². The molecule has 34 heavy (non-hydrogen) atoms. The first kappa shape index (κ1) is 23.6. The predicted octanol–water partition coefficient (Wildman–Crippen LogP) is 5.92. The summed E-state index contributed by atoms with van der Waals surface area (Å²) < 4.78 is 22.3. The molecule has 0 aliphatic carbocycles. The summed E-state index contributed by atoms with van der Waals surface area (Å²) in [6.45, 7) is 7.95. The first-order chi connectivity index (χ1) is 16.1. The molecule has 8 nitrogen and oxygen atoms in total. The Morgan fingerprint density at radius 2 is 1.97 bits per heavy atom. The van der Waals surface area contributed by atoms with Gasteiger partial charge in [-0.05, 0) is 57.5 Å². The minimum absolute atomic E-state index is 0.256. The van der Waals surface area contributed by atoms with Crippen LogP contribution in [0.4, 0.5) is 4.79 Å². The number of hydrogen-bond donors (Lipinski definition) is 1. The Morgan fingerprint density at radius 3 is 2.71 bits per heavy atom. The molecular formula is C25H26ClN3O5. The fourth-order valence-electron chi connectivity index (χ4n) is 3.47. The molecule has 0 aliphatic rings. The summed E-state index contributed by atoms with van der Waals surface area (Å²) >= 11 is 6.48. The van der Waals surface area contributed by atoms with Gasteiger partial charge >= 0.3 is 6.09 Å². The second-order valence-electron chi connectivity index (χ2n) is 8.80. The van der Waals surface area contributed by atoms with E-state index in [4.69, 9.17) is 30.2 Å². The van der Waals surface area contributed by atoms with Crippen LogP contribution in [0.25, 0.3) is 33.3 Å². The number of nitrogens with one attached hydrogen (secondary N) is 1. The van der Waals surface area contributed by atoms with Crippen LogP contribution in [0.5, 0.6) is 11.6 Å². The highest BCUT2D eigenvalue weighted by atomic mass is 35.5. The number of amides is 1. The molecule has 0 saturated carbocycles. The van der Waals surface area contributed by atoms with Gasteiger partial charge in [-0.15, -0.1) is 0 Å². The zero-order chi connectivity index (χ0) is 24.5. The van der Waals surface area contributed by atoms with Crippen molar-refractivity contribution >= 4 is 39.7 Å². The van der Waals surface area contributed by atoms with E-state index < -0.39 is 11.7 Å². The molecule has 0 radical (unpaired) electrons. The number of alkyl carbamates (subject to hydrolysis) is 1. The van der Waals surface area contributed by atoms with Crippen LogP contribution in [-0.2, 0) is 4.74 Å². The molecule has 4 rings (SSSR count). The lowest BCUT2D eigenvalue weighted by Crippen LogP contribution is -2.34. The van der Waals surface area contributed by atoms with Crippen LogP contribution in [0.15, 0.2) is 40.9 Å². The number of ether oxygens (including phenoxy) is 3. The molecular weight excluding hydrogens is 458 g/mol. The zero-order valence-corrected chi connectivity index (χ0v) is 20.4. The van der Waals surface area contributed by atoms with Crippen molar-refractivity contribution in [2.24, 2.45) is 0 Å². The number of rotatable bonds is 6. The summed E-state index contributed by atoms with van der Waals surface area (Å²) in [5, 5.41) is 3.86. The number of aromatic nitrogens is 2. The van der Waals surface area contributed by atoms with Gasteiger partial charge in [-0.1, -0.05) is 11.6 Å². The molecule has 0 spiro atoms. The molecule has 0 fully saturated rings. The van der Waals surface area contributed by atoms with Gasteiger partial charge in [-0.3, -0.25) is 0 Å². The number of furan rings is 1. The lowest BCUT2D eigenvalue weighted by molar-refractivity contribution is 0.0520. The monoisotopic (exact) mass is 483 g/mol. The zero-order valence-electron chi connectivity index (χ0n) is 19.7. The number of methoxy groups -OCH3 is 1. The van der Waals surface area contributed by atoms with Gasteiger partial charge < -0.3 is 23.9 Å². The average molecular weight is 484 g/mol. The molecule has 4 aromatic rings. The van der Waals surface area contributed by atoms with Gasteiger partial charge in [-0.2, -0.15) is 0 Å². The maximum atomic E-state index is 11.8. The number of benzene rings is 2. The molecule has 9 heteroatoms. The number of carbonyl (C=O) groups is 1. The first-order valence-corrected chi connectivity index (χ1v) is 11.2. The van der Waals surface area contributed by atoms with Crippen molar-refractivity contribution in [3.05, 3.63) is 47.1 Å². The van der Waals surface area contributed by atoms with E-state index in [9.17, 15) is 4.79 Å². The second kappa shape index (κ2) is 9.38. The van der Waals surface area contributed by atoms with Gasteiger partial charge in [-0.25, -0.2) is 14.8 Å². The summed E-state index contributed by atoms with van der Waals surface area (Å²) in [6.07, 6.45) is 1.09. The largest absolute Gasteiger partial charge is 0.492 e. The van der Waals surface area contributed by atoms with Crippen molar-refractivity contribution in [2.45, 2.75) is 33.3 Å². The van der Waals surface area contributed by atoms with Crippen LogP contribution in [0, 0.1) is 6.92 Å². The Morgan fingerprint density at radius 1 is 1.18 bits per heavy atom. The van der Waals surface area contributed by atoms with Gasteiger partial charge in [0.2, 0.25) is 5.88 Å². The quantitative estimate of drug-likeness (QED) is 0.340.